The SMILES string of the molecule is O=c1cc(C=Cc2ccc(Cl)c(Cl)c2)[nH]n1-c1ccccn1. The molecule has 0 spiro atoms. The minimum Gasteiger partial charge on any atom is -0.289 e. The highest BCUT2D eigenvalue weighted by molar-refractivity contribution is 6.42. The fourth-order valence-corrected chi connectivity index (χ4v) is 2.26. The zero-order chi connectivity index (χ0) is 15.5. The van der Waals surface area contributed by atoms with Crippen molar-refractivity contribution < 1.29 is 0 Å². The smallest absolute Gasteiger partial charge is 0.273 e. The zero-order valence-corrected chi connectivity index (χ0v) is 12.8. The number of halogens is 2. The number of nitrogens with one attached hydrogen (secondary N) is 1. The minimum absolute atomic E-state index is 0.174. The lowest BCUT2D eigenvalue weighted by atomic mass is 10.2. The molecule has 0 aliphatic rings. The molecule has 2 heterocycles. The molecule has 0 atom stereocenters. The van der Waals surface area contributed by atoms with Crippen LogP contribution in [0.1, 0.15) is 11.3 Å². The van der Waals surface area contributed by atoms with Crippen molar-refractivity contribution in [2.45, 2.75) is 0 Å². The topological polar surface area (TPSA) is 50.7 Å². The maximum Gasteiger partial charge on any atom is 0.273 e. The molecule has 3 rings (SSSR count). The van der Waals surface area contributed by atoms with Crippen LogP contribution < -0.4 is 5.56 Å². The summed E-state index contributed by atoms with van der Waals surface area (Å²) >= 11 is 11.8. The van der Waals surface area contributed by atoms with Crippen LogP contribution in [0.5, 0.6) is 0 Å². The van der Waals surface area contributed by atoms with Crippen LogP contribution in [-0.4, -0.2) is 14.8 Å². The molecule has 1 aromatic carbocycles. The van der Waals surface area contributed by atoms with Gasteiger partial charge in [0.25, 0.3) is 5.56 Å². The fraction of sp³-hybridized carbons (Fsp3) is 0. The third-order valence-electron chi connectivity index (χ3n) is 3.02. The van der Waals surface area contributed by atoms with Crippen molar-refractivity contribution in [1.82, 2.24) is 14.8 Å². The van der Waals surface area contributed by atoms with Crippen LogP contribution in [0.25, 0.3) is 18.0 Å². The maximum absolute atomic E-state index is 12.0. The van der Waals surface area contributed by atoms with Crippen molar-refractivity contribution in [2.24, 2.45) is 0 Å². The third kappa shape index (κ3) is 3.13. The Labute approximate surface area is 136 Å². The van der Waals surface area contributed by atoms with E-state index in [2.05, 4.69) is 10.1 Å². The van der Waals surface area contributed by atoms with E-state index in [4.69, 9.17) is 23.2 Å². The average Bonchev–Trinajstić information content (AvgIpc) is 2.90. The van der Waals surface area contributed by atoms with Crippen LogP contribution >= 0.6 is 23.2 Å². The molecule has 3 aromatic rings. The number of hydrogen-bond acceptors (Lipinski definition) is 2. The lowest BCUT2D eigenvalue weighted by Gasteiger charge is -1.99. The number of pyridine rings is 1. The van der Waals surface area contributed by atoms with Crippen molar-refractivity contribution in [2.75, 3.05) is 0 Å². The second-order valence-electron chi connectivity index (χ2n) is 4.58. The molecule has 4 nitrogen and oxygen atoms in total. The second kappa shape index (κ2) is 6.22. The number of hydrogen-bond donors (Lipinski definition) is 1. The van der Waals surface area contributed by atoms with E-state index >= 15 is 0 Å². The molecule has 0 bridgehead atoms. The first-order valence-corrected chi connectivity index (χ1v) is 7.26. The Hall–Kier alpha value is -2.30. The van der Waals surface area contributed by atoms with Crippen LogP contribution in [0.3, 0.4) is 0 Å². The van der Waals surface area contributed by atoms with Gasteiger partial charge in [0, 0.05) is 12.3 Å². The summed E-state index contributed by atoms with van der Waals surface area (Å²) in [6.45, 7) is 0. The molecule has 0 amide bonds. The number of H-pyrrole nitrogens is 1. The van der Waals surface area contributed by atoms with E-state index in [1.807, 2.05) is 18.2 Å². The number of benzene rings is 1. The van der Waals surface area contributed by atoms with Gasteiger partial charge in [-0.25, -0.2) is 9.67 Å². The van der Waals surface area contributed by atoms with Gasteiger partial charge in [-0.1, -0.05) is 41.4 Å². The van der Waals surface area contributed by atoms with Gasteiger partial charge in [-0.3, -0.25) is 9.89 Å². The third-order valence-corrected chi connectivity index (χ3v) is 3.76. The first-order valence-electron chi connectivity index (χ1n) is 6.50. The molecule has 22 heavy (non-hydrogen) atoms. The van der Waals surface area contributed by atoms with Crippen molar-refractivity contribution in [3.05, 3.63) is 80.3 Å². The predicted molar refractivity (Wildman–Crippen MR) is 89.6 cm³/mol. The van der Waals surface area contributed by atoms with E-state index in [-0.39, 0.29) is 5.56 Å². The first kappa shape index (κ1) is 14.6. The molecule has 110 valence electrons. The number of aromatic amines is 1. The van der Waals surface area contributed by atoms with Crippen LogP contribution in [0, 0.1) is 0 Å². The van der Waals surface area contributed by atoms with Gasteiger partial charge in [0.1, 0.15) is 0 Å². The highest BCUT2D eigenvalue weighted by atomic mass is 35.5. The van der Waals surface area contributed by atoms with Crippen LogP contribution in [-0.2, 0) is 0 Å². The molecule has 0 saturated heterocycles. The van der Waals surface area contributed by atoms with Gasteiger partial charge in [-0.2, -0.15) is 0 Å². The maximum atomic E-state index is 12.0. The van der Waals surface area contributed by atoms with Gasteiger partial charge in [-0.15, -0.1) is 0 Å². The average molecular weight is 332 g/mol. The largest absolute Gasteiger partial charge is 0.289 e. The predicted octanol–water partition coefficient (Wildman–Crippen LogP) is 4.04. The van der Waals surface area contributed by atoms with Crippen LogP contribution in [0.4, 0.5) is 0 Å². The Morgan fingerprint density at radius 3 is 2.64 bits per heavy atom. The Bertz CT molecular complexity index is 882. The van der Waals surface area contributed by atoms with Crippen molar-refractivity contribution in [3.8, 4) is 5.82 Å². The monoisotopic (exact) mass is 331 g/mol. The summed E-state index contributed by atoms with van der Waals surface area (Å²) < 4.78 is 1.38. The van der Waals surface area contributed by atoms with Gasteiger partial charge in [0.15, 0.2) is 5.82 Å². The van der Waals surface area contributed by atoms with Crippen LogP contribution in [0.15, 0.2) is 53.5 Å². The molecule has 6 heteroatoms. The van der Waals surface area contributed by atoms with Crippen LogP contribution in [0.2, 0.25) is 10.0 Å². The molecule has 0 fully saturated rings. The van der Waals surface area contributed by atoms with E-state index in [1.54, 1.807) is 36.5 Å². The normalized spacial score (nSPS) is 11.2. The molecule has 0 unspecified atom stereocenters. The molecule has 1 N–H and O–H groups in total. The summed E-state index contributed by atoms with van der Waals surface area (Å²) in [5, 5.41) is 3.99. The molecule has 0 aliphatic carbocycles. The van der Waals surface area contributed by atoms with E-state index in [0.29, 0.717) is 21.6 Å². The van der Waals surface area contributed by atoms with E-state index in [0.717, 1.165) is 5.56 Å². The minimum atomic E-state index is -0.174. The number of rotatable bonds is 3. The zero-order valence-electron chi connectivity index (χ0n) is 11.3. The summed E-state index contributed by atoms with van der Waals surface area (Å²) in [5.41, 5.74) is 1.38. The lowest BCUT2D eigenvalue weighted by Crippen LogP contribution is -2.14. The number of aromatic nitrogens is 3. The summed E-state index contributed by atoms with van der Waals surface area (Å²) in [6.07, 6.45) is 5.27. The number of nitrogens with zero attached hydrogens (tertiary/aromatic N) is 2. The highest BCUT2D eigenvalue weighted by Gasteiger charge is 2.03. The van der Waals surface area contributed by atoms with Gasteiger partial charge in [0.2, 0.25) is 0 Å². The summed E-state index contributed by atoms with van der Waals surface area (Å²) in [5.74, 6) is 0.543. The Morgan fingerprint density at radius 2 is 1.91 bits per heavy atom. The summed E-state index contributed by atoms with van der Waals surface area (Å²) in [4.78, 5) is 16.1. The molecule has 0 saturated carbocycles. The van der Waals surface area contributed by atoms with Gasteiger partial charge in [0.05, 0.1) is 15.7 Å². The molecular formula is C16H11Cl2N3O. The molecule has 2 aromatic heterocycles. The van der Waals surface area contributed by atoms with Gasteiger partial charge in [-0.05, 0) is 35.9 Å². The van der Waals surface area contributed by atoms with Crippen molar-refractivity contribution >= 4 is 35.4 Å². The second-order valence-corrected chi connectivity index (χ2v) is 5.39. The van der Waals surface area contributed by atoms with E-state index in [9.17, 15) is 4.79 Å². The Balaban J connectivity index is 1.89. The van der Waals surface area contributed by atoms with E-state index < -0.39 is 0 Å². The van der Waals surface area contributed by atoms with Gasteiger partial charge < -0.3 is 0 Å². The standard InChI is InChI=1S/C16H11Cl2N3O/c17-13-7-5-11(9-14(13)18)4-6-12-10-16(22)21(20-12)15-3-1-2-8-19-15/h1-10,20H. The highest BCUT2D eigenvalue weighted by Crippen LogP contribution is 2.23. The quantitative estimate of drug-likeness (QED) is 0.787. The first-order chi connectivity index (χ1) is 10.6. The molecule has 0 radical (unpaired) electrons. The Morgan fingerprint density at radius 1 is 1.05 bits per heavy atom. The Kier molecular flexibility index (Phi) is 4.13. The van der Waals surface area contributed by atoms with Crippen molar-refractivity contribution in [3.63, 3.8) is 0 Å². The van der Waals surface area contributed by atoms with Crippen molar-refractivity contribution in [1.29, 1.82) is 0 Å². The lowest BCUT2D eigenvalue weighted by molar-refractivity contribution is 0.816. The molecule has 0 aliphatic heterocycles. The van der Waals surface area contributed by atoms with E-state index in [1.165, 1.54) is 10.7 Å². The molecular weight excluding hydrogens is 321 g/mol. The fourth-order valence-electron chi connectivity index (χ4n) is 1.96. The summed E-state index contributed by atoms with van der Waals surface area (Å²) in [7, 11) is 0. The van der Waals surface area contributed by atoms with Gasteiger partial charge >= 0.3 is 0 Å². The summed E-state index contributed by atoms with van der Waals surface area (Å²) in [6, 6.07) is 12.2.